The molecule has 0 aromatic heterocycles. The van der Waals surface area contributed by atoms with E-state index in [0.717, 1.165) is 0 Å². The number of hydrogen-bond donors (Lipinski definition) is 4. The average molecular weight is 296 g/mol. The van der Waals surface area contributed by atoms with Gasteiger partial charge in [0.1, 0.15) is 5.75 Å². The summed E-state index contributed by atoms with van der Waals surface area (Å²) in [5.41, 5.74) is 5.85. The second-order valence-corrected chi connectivity index (χ2v) is 4.21. The molecule has 5 N–H and O–H groups in total. The summed E-state index contributed by atoms with van der Waals surface area (Å²) in [5, 5.41) is 19.6. The predicted octanol–water partition coefficient (Wildman–Crippen LogP) is 0.281. The van der Waals surface area contributed by atoms with Crippen molar-refractivity contribution in [1.82, 2.24) is 0 Å². The Bertz CT molecular complexity index is 531. The Balaban J connectivity index is 2.66. The number of para-hydroxylation sites is 2. The van der Waals surface area contributed by atoms with Crippen molar-refractivity contribution in [2.24, 2.45) is 5.73 Å². The minimum atomic E-state index is -1.14. The van der Waals surface area contributed by atoms with Gasteiger partial charge in [-0.3, -0.25) is 9.59 Å². The SMILES string of the molecule is NC(CCC(=O)O)C(=O)Nc1ccccc1OCC(=O)O. The van der Waals surface area contributed by atoms with Gasteiger partial charge in [0.15, 0.2) is 6.61 Å². The van der Waals surface area contributed by atoms with Gasteiger partial charge in [0.05, 0.1) is 11.7 Å². The Kier molecular flexibility index (Phi) is 6.15. The fourth-order valence-electron chi connectivity index (χ4n) is 1.47. The first-order valence-electron chi connectivity index (χ1n) is 6.12. The van der Waals surface area contributed by atoms with Crippen molar-refractivity contribution in [3.8, 4) is 5.75 Å². The summed E-state index contributed by atoms with van der Waals surface area (Å²) in [6, 6.07) is 5.30. The van der Waals surface area contributed by atoms with Crippen molar-refractivity contribution in [2.45, 2.75) is 18.9 Å². The van der Waals surface area contributed by atoms with Crippen LogP contribution in [0.15, 0.2) is 24.3 Å². The molecular weight excluding hydrogens is 280 g/mol. The number of benzene rings is 1. The van der Waals surface area contributed by atoms with Crippen molar-refractivity contribution in [2.75, 3.05) is 11.9 Å². The second kappa shape index (κ2) is 7.85. The van der Waals surface area contributed by atoms with E-state index in [9.17, 15) is 14.4 Å². The average Bonchev–Trinajstić information content (AvgIpc) is 2.43. The lowest BCUT2D eigenvalue weighted by molar-refractivity contribution is -0.139. The van der Waals surface area contributed by atoms with Crippen LogP contribution in [0.1, 0.15) is 12.8 Å². The maximum absolute atomic E-state index is 11.8. The highest BCUT2D eigenvalue weighted by molar-refractivity contribution is 5.96. The molecular formula is C13H16N2O6. The third kappa shape index (κ3) is 5.91. The van der Waals surface area contributed by atoms with Gasteiger partial charge < -0.3 is 26.0 Å². The molecule has 0 saturated heterocycles. The van der Waals surface area contributed by atoms with E-state index < -0.39 is 30.5 Å². The summed E-state index contributed by atoms with van der Waals surface area (Å²) in [6.45, 7) is -0.544. The van der Waals surface area contributed by atoms with E-state index in [2.05, 4.69) is 5.32 Å². The van der Waals surface area contributed by atoms with E-state index in [1.807, 2.05) is 0 Å². The van der Waals surface area contributed by atoms with Crippen LogP contribution in [-0.2, 0) is 14.4 Å². The number of amides is 1. The third-order valence-corrected chi connectivity index (χ3v) is 2.50. The zero-order valence-electron chi connectivity index (χ0n) is 11.1. The van der Waals surface area contributed by atoms with Crippen LogP contribution in [0.5, 0.6) is 5.75 Å². The molecule has 0 spiro atoms. The summed E-state index contributed by atoms with van der Waals surface area (Å²) >= 11 is 0. The number of anilines is 1. The maximum atomic E-state index is 11.8. The van der Waals surface area contributed by atoms with Gasteiger partial charge >= 0.3 is 11.9 Å². The molecule has 8 nitrogen and oxygen atoms in total. The maximum Gasteiger partial charge on any atom is 0.341 e. The molecule has 8 heteroatoms. The highest BCUT2D eigenvalue weighted by atomic mass is 16.5. The highest BCUT2D eigenvalue weighted by Gasteiger charge is 2.16. The summed E-state index contributed by atoms with van der Waals surface area (Å²) in [6.07, 6.45) is -0.217. The van der Waals surface area contributed by atoms with Crippen LogP contribution in [0.3, 0.4) is 0 Å². The van der Waals surface area contributed by atoms with E-state index in [1.54, 1.807) is 12.1 Å². The normalized spacial score (nSPS) is 11.5. The molecule has 1 amide bonds. The number of rotatable bonds is 8. The van der Waals surface area contributed by atoms with Crippen LogP contribution in [0.2, 0.25) is 0 Å². The molecule has 1 rings (SSSR count). The monoisotopic (exact) mass is 296 g/mol. The highest BCUT2D eigenvalue weighted by Crippen LogP contribution is 2.23. The molecule has 1 atom stereocenters. The minimum Gasteiger partial charge on any atom is -0.481 e. The Hall–Kier alpha value is -2.61. The number of aliphatic carboxylic acids is 2. The Labute approximate surface area is 120 Å². The lowest BCUT2D eigenvalue weighted by atomic mass is 10.1. The zero-order chi connectivity index (χ0) is 15.8. The molecule has 21 heavy (non-hydrogen) atoms. The smallest absolute Gasteiger partial charge is 0.341 e. The second-order valence-electron chi connectivity index (χ2n) is 4.21. The molecule has 0 aliphatic carbocycles. The number of nitrogens with one attached hydrogen (secondary N) is 1. The molecule has 114 valence electrons. The number of carbonyl (C=O) groups excluding carboxylic acids is 1. The van der Waals surface area contributed by atoms with Gasteiger partial charge in [-0.25, -0.2) is 4.79 Å². The number of hydrogen-bond acceptors (Lipinski definition) is 5. The number of carboxylic acid groups (broad SMARTS) is 2. The first kappa shape index (κ1) is 16.4. The topological polar surface area (TPSA) is 139 Å². The van der Waals surface area contributed by atoms with Gasteiger partial charge in [0.2, 0.25) is 5.91 Å². The molecule has 1 aromatic rings. The lowest BCUT2D eigenvalue weighted by Crippen LogP contribution is -2.36. The van der Waals surface area contributed by atoms with Crippen LogP contribution < -0.4 is 15.8 Å². The fraction of sp³-hybridized carbons (Fsp3) is 0.308. The Morgan fingerprint density at radius 1 is 1.19 bits per heavy atom. The molecule has 0 bridgehead atoms. The van der Waals surface area contributed by atoms with Gasteiger partial charge in [0, 0.05) is 6.42 Å². The molecule has 0 heterocycles. The van der Waals surface area contributed by atoms with Crippen molar-refractivity contribution < 1.29 is 29.3 Å². The van der Waals surface area contributed by atoms with Gasteiger partial charge in [-0.1, -0.05) is 12.1 Å². The molecule has 0 aliphatic rings. The van der Waals surface area contributed by atoms with E-state index >= 15 is 0 Å². The summed E-state index contributed by atoms with van der Waals surface area (Å²) in [5.74, 6) is -2.56. The van der Waals surface area contributed by atoms with Gasteiger partial charge in [0.25, 0.3) is 0 Å². The predicted molar refractivity (Wildman–Crippen MR) is 73.0 cm³/mol. The molecule has 0 radical (unpaired) electrons. The fourth-order valence-corrected chi connectivity index (χ4v) is 1.47. The van der Waals surface area contributed by atoms with Crippen LogP contribution in [0.25, 0.3) is 0 Å². The standard InChI is InChI=1S/C13H16N2O6/c14-8(5-6-11(16)17)13(20)15-9-3-1-2-4-10(9)21-7-12(18)19/h1-4,8H,5-7,14H2,(H,15,20)(H,16,17)(H,18,19). The van der Waals surface area contributed by atoms with Crippen LogP contribution in [0, 0.1) is 0 Å². The van der Waals surface area contributed by atoms with Crippen molar-refractivity contribution in [1.29, 1.82) is 0 Å². The van der Waals surface area contributed by atoms with Gasteiger partial charge in [-0.15, -0.1) is 0 Å². The van der Waals surface area contributed by atoms with Crippen LogP contribution >= 0.6 is 0 Å². The van der Waals surface area contributed by atoms with Crippen molar-refractivity contribution in [3.05, 3.63) is 24.3 Å². The molecule has 0 fully saturated rings. The summed E-state index contributed by atoms with van der Waals surface area (Å²) < 4.78 is 5.03. The lowest BCUT2D eigenvalue weighted by Gasteiger charge is -2.14. The third-order valence-electron chi connectivity index (χ3n) is 2.50. The van der Waals surface area contributed by atoms with Crippen molar-refractivity contribution in [3.63, 3.8) is 0 Å². The van der Waals surface area contributed by atoms with Gasteiger partial charge in [-0.05, 0) is 18.6 Å². The summed E-state index contributed by atoms with van der Waals surface area (Å²) in [7, 11) is 0. The van der Waals surface area contributed by atoms with E-state index in [1.165, 1.54) is 12.1 Å². The minimum absolute atomic E-state index is 0.000678. The number of ether oxygens (including phenoxy) is 1. The molecule has 1 unspecified atom stereocenters. The van der Waals surface area contributed by atoms with Crippen LogP contribution in [0.4, 0.5) is 5.69 Å². The first-order chi connectivity index (χ1) is 9.90. The Morgan fingerprint density at radius 2 is 1.86 bits per heavy atom. The number of carbonyl (C=O) groups is 3. The van der Waals surface area contributed by atoms with Gasteiger partial charge in [-0.2, -0.15) is 0 Å². The van der Waals surface area contributed by atoms with Crippen molar-refractivity contribution >= 4 is 23.5 Å². The number of nitrogens with two attached hydrogens (primary N) is 1. The van der Waals surface area contributed by atoms with Crippen LogP contribution in [-0.4, -0.2) is 40.7 Å². The molecule has 0 saturated carbocycles. The van der Waals surface area contributed by atoms with E-state index in [-0.39, 0.29) is 24.3 Å². The van der Waals surface area contributed by atoms with E-state index in [4.69, 9.17) is 20.7 Å². The first-order valence-corrected chi connectivity index (χ1v) is 6.12. The zero-order valence-corrected chi connectivity index (χ0v) is 11.1. The molecule has 1 aromatic carbocycles. The Morgan fingerprint density at radius 3 is 2.48 bits per heavy atom. The summed E-state index contributed by atoms with van der Waals surface area (Å²) in [4.78, 5) is 32.7. The largest absolute Gasteiger partial charge is 0.481 e. The quantitative estimate of drug-likeness (QED) is 0.540. The van der Waals surface area contributed by atoms with E-state index in [0.29, 0.717) is 0 Å². The number of carboxylic acids is 2. The molecule has 0 aliphatic heterocycles.